The lowest BCUT2D eigenvalue weighted by Crippen LogP contribution is -2.29. The van der Waals surface area contributed by atoms with E-state index >= 15 is 0 Å². The van der Waals surface area contributed by atoms with Crippen LogP contribution < -0.4 is 10.5 Å². The zero-order chi connectivity index (χ0) is 12.5. The minimum absolute atomic E-state index is 0.555. The maximum Gasteiger partial charge on any atom is 0.125 e. The summed E-state index contributed by atoms with van der Waals surface area (Å²) in [5.41, 5.74) is 6.98. The van der Waals surface area contributed by atoms with Gasteiger partial charge in [0.2, 0.25) is 0 Å². The second-order valence-corrected chi connectivity index (χ2v) is 5.03. The van der Waals surface area contributed by atoms with Crippen molar-refractivity contribution in [2.24, 2.45) is 0 Å². The molecule has 1 aliphatic rings. The highest BCUT2D eigenvalue weighted by atomic mass is 16.5. The number of hydrogen-bond acceptors (Lipinski definition) is 4. The van der Waals surface area contributed by atoms with Crippen molar-refractivity contribution in [2.75, 3.05) is 25.9 Å². The van der Waals surface area contributed by atoms with Crippen LogP contribution in [0.2, 0.25) is 0 Å². The lowest BCUT2D eigenvalue weighted by atomic mass is 10.1. The number of nitrogens with zero attached hydrogens (tertiary/aromatic N) is 1. The van der Waals surface area contributed by atoms with E-state index in [-0.39, 0.29) is 0 Å². The van der Waals surface area contributed by atoms with E-state index in [0.717, 1.165) is 30.8 Å². The van der Waals surface area contributed by atoms with E-state index in [9.17, 15) is 5.11 Å². The average Bonchev–Trinajstić information content (AvgIpc) is 2.61. The topological polar surface area (TPSA) is 58.7 Å². The lowest BCUT2D eigenvalue weighted by Gasteiger charge is -2.20. The van der Waals surface area contributed by atoms with E-state index in [1.807, 2.05) is 25.1 Å². The third-order valence-corrected chi connectivity index (χ3v) is 3.24. The molecule has 94 valence electrons. The summed E-state index contributed by atoms with van der Waals surface area (Å²) in [4.78, 5) is 2.23. The van der Waals surface area contributed by atoms with Gasteiger partial charge in [0.25, 0.3) is 0 Å². The molecule has 1 heterocycles. The smallest absolute Gasteiger partial charge is 0.125 e. The first-order valence-corrected chi connectivity index (χ1v) is 5.87. The van der Waals surface area contributed by atoms with Gasteiger partial charge in [-0.3, -0.25) is 4.90 Å². The van der Waals surface area contributed by atoms with Crippen molar-refractivity contribution in [3.8, 4) is 5.75 Å². The molecule has 4 heteroatoms. The van der Waals surface area contributed by atoms with E-state index in [1.54, 1.807) is 7.11 Å². The number of benzene rings is 1. The summed E-state index contributed by atoms with van der Waals surface area (Å²) in [6, 6.07) is 5.71. The zero-order valence-electron chi connectivity index (χ0n) is 10.4. The molecule has 1 atom stereocenters. The van der Waals surface area contributed by atoms with E-state index in [0.29, 0.717) is 12.2 Å². The number of anilines is 1. The molecule has 0 bridgehead atoms. The number of rotatable bonds is 3. The van der Waals surface area contributed by atoms with Crippen molar-refractivity contribution < 1.29 is 9.84 Å². The van der Waals surface area contributed by atoms with Crippen LogP contribution in [0, 0.1) is 0 Å². The van der Waals surface area contributed by atoms with Gasteiger partial charge in [-0.15, -0.1) is 0 Å². The molecular formula is C13H20N2O2. The van der Waals surface area contributed by atoms with Gasteiger partial charge in [-0.1, -0.05) is 6.07 Å². The Morgan fingerprint density at radius 2 is 2.29 bits per heavy atom. The minimum Gasteiger partial charge on any atom is -0.496 e. The molecular weight excluding hydrogens is 216 g/mol. The summed E-state index contributed by atoms with van der Waals surface area (Å²) in [6.45, 7) is 4.30. The van der Waals surface area contributed by atoms with Gasteiger partial charge < -0.3 is 15.6 Å². The van der Waals surface area contributed by atoms with Crippen molar-refractivity contribution in [1.29, 1.82) is 0 Å². The summed E-state index contributed by atoms with van der Waals surface area (Å²) < 4.78 is 5.32. The first-order valence-electron chi connectivity index (χ1n) is 5.87. The van der Waals surface area contributed by atoms with Crippen LogP contribution >= 0.6 is 0 Å². The Bertz CT molecular complexity index is 404. The van der Waals surface area contributed by atoms with Crippen molar-refractivity contribution in [3.05, 3.63) is 23.8 Å². The number of nitrogens with two attached hydrogens (primary N) is 1. The molecule has 4 nitrogen and oxygen atoms in total. The van der Waals surface area contributed by atoms with Crippen molar-refractivity contribution in [3.63, 3.8) is 0 Å². The Morgan fingerprint density at radius 3 is 2.88 bits per heavy atom. The Morgan fingerprint density at radius 1 is 1.53 bits per heavy atom. The number of nitrogen functional groups attached to an aromatic ring is 1. The van der Waals surface area contributed by atoms with Gasteiger partial charge in [0.15, 0.2) is 0 Å². The molecule has 1 saturated heterocycles. The predicted octanol–water partition coefficient (Wildman–Crippen LogP) is 1.23. The molecule has 0 radical (unpaired) electrons. The highest BCUT2D eigenvalue weighted by Crippen LogP contribution is 2.27. The normalized spacial score (nSPS) is 25.1. The van der Waals surface area contributed by atoms with Gasteiger partial charge >= 0.3 is 0 Å². The highest BCUT2D eigenvalue weighted by molar-refractivity contribution is 5.48. The van der Waals surface area contributed by atoms with Crippen LogP contribution in [0.15, 0.2) is 18.2 Å². The molecule has 0 amide bonds. The van der Waals surface area contributed by atoms with Gasteiger partial charge in [0.1, 0.15) is 5.75 Å². The lowest BCUT2D eigenvalue weighted by molar-refractivity contribution is 0.0678. The summed E-state index contributed by atoms with van der Waals surface area (Å²) in [7, 11) is 1.65. The maximum atomic E-state index is 9.92. The monoisotopic (exact) mass is 236 g/mol. The molecule has 1 aromatic rings. The second-order valence-electron chi connectivity index (χ2n) is 5.03. The van der Waals surface area contributed by atoms with E-state index in [4.69, 9.17) is 10.5 Å². The third-order valence-electron chi connectivity index (χ3n) is 3.24. The predicted molar refractivity (Wildman–Crippen MR) is 67.9 cm³/mol. The zero-order valence-corrected chi connectivity index (χ0v) is 10.4. The standard InChI is InChI=1S/C13H20N2O2/c1-13(16)5-6-15(9-13)8-10-3-4-11(14)7-12(10)17-2/h3-4,7,16H,5-6,8-9,14H2,1-2H3. The van der Waals surface area contributed by atoms with Gasteiger partial charge in [-0.25, -0.2) is 0 Å². The number of β-amino-alcohol motifs (C(OH)–C–C–N with tert-alkyl or cyclic N) is 1. The number of methoxy groups -OCH3 is 1. The Hall–Kier alpha value is -1.26. The fraction of sp³-hybridized carbons (Fsp3) is 0.538. The van der Waals surface area contributed by atoms with Gasteiger partial charge in [0, 0.05) is 37.0 Å². The third kappa shape index (κ3) is 2.90. The molecule has 3 N–H and O–H groups in total. The Kier molecular flexibility index (Phi) is 3.26. The molecule has 0 spiro atoms. The second kappa shape index (κ2) is 4.55. The molecule has 0 aromatic heterocycles. The molecule has 0 saturated carbocycles. The number of aliphatic hydroxyl groups is 1. The summed E-state index contributed by atoms with van der Waals surface area (Å²) in [5, 5.41) is 9.92. The van der Waals surface area contributed by atoms with Crippen molar-refractivity contribution >= 4 is 5.69 Å². The van der Waals surface area contributed by atoms with Crippen LogP contribution in [-0.2, 0) is 6.54 Å². The quantitative estimate of drug-likeness (QED) is 0.775. The van der Waals surface area contributed by atoms with Crippen LogP contribution in [0.1, 0.15) is 18.9 Å². The summed E-state index contributed by atoms with van der Waals surface area (Å²) in [5.74, 6) is 0.816. The van der Waals surface area contributed by atoms with Crippen LogP contribution in [0.5, 0.6) is 5.75 Å². The first-order chi connectivity index (χ1) is 8.00. The molecule has 1 aromatic carbocycles. The van der Waals surface area contributed by atoms with Gasteiger partial charge in [-0.2, -0.15) is 0 Å². The van der Waals surface area contributed by atoms with Crippen LogP contribution in [0.4, 0.5) is 5.69 Å². The number of hydrogen-bond donors (Lipinski definition) is 2. The van der Waals surface area contributed by atoms with Crippen LogP contribution in [0.3, 0.4) is 0 Å². The van der Waals surface area contributed by atoms with E-state index in [1.165, 1.54) is 0 Å². The fourth-order valence-corrected chi connectivity index (χ4v) is 2.31. The first kappa shape index (κ1) is 12.2. The Labute approximate surface area is 102 Å². The minimum atomic E-state index is -0.555. The van der Waals surface area contributed by atoms with E-state index in [2.05, 4.69) is 4.90 Å². The van der Waals surface area contributed by atoms with E-state index < -0.39 is 5.60 Å². The molecule has 1 unspecified atom stereocenters. The van der Waals surface area contributed by atoms with Crippen molar-refractivity contribution in [1.82, 2.24) is 4.90 Å². The van der Waals surface area contributed by atoms with Crippen molar-refractivity contribution in [2.45, 2.75) is 25.5 Å². The average molecular weight is 236 g/mol. The highest BCUT2D eigenvalue weighted by Gasteiger charge is 2.31. The SMILES string of the molecule is COc1cc(N)ccc1CN1CCC(C)(O)C1. The fourth-order valence-electron chi connectivity index (χ4n) is 2.31. The Balaban J connectivity index is 2.09. The van der Waals surface area contributed by atoms with Gasteiger partial charge in [-0.05, 0) is 19.4 Å². The van der Waals surface area contributed by atoms with Crippen LogP contribution in [-0.4, -0.2) is 35.8 Å². The van der Waals surface area contributed by atoms with Crippen LogP contribution in [0.25, 0.3) is 0 Å². The number of ether oxygens (including phenoxy) is 1. The maximum absolute atomic E-state index is 9.92. The molecule has 0 aliphatic carbocycles. The number of likely N-dealkylation sites (tertiary alicyclic amines) is 1. The summed E-state index contributed by atoms with van der Waals surface area (Å²) >= 11 is 0. The molecule has 1 aliphatic heterocycles. The summed E-state index contributed by atoms with van der Waals surface area (Å²) in [6.07, 6.45) is 0.824. The van der Waals surface area contributed by atoms with Gasteiger partial charge in [0.05, 0.1) is 12.7 Å². The molecule has 2 rings (SSSR count). The largest absolute Gasteiger partial charge is 0.496 e. The molecule has 1 fully saturated rings. The molecule has 17 heavy (non-hydrogen) atoms.